The highest BCUT2D eigenvalue weighted by atomic mass is 32.2. The molecule has 148 valence electrons. The molecule has 3 heterocycles. The van der Waals surface area contributed by atoms with Gasteiger partial charge in [0, 0.05) is 17.5 Å². The third-order valence-electron chi connectivity index (χ3n) is 4.94. The highest BCUT2D eigenvalue weighted by molar-refractivity contribution is 8.00. The number of anilines is 1. The Hall–Kier alpha value is -1.39. The Kier molecular flexibility index (Phi) is 5.69. The number of fused-ring (bicyclic) bond motifs is 1. The molecular weight excluding hydrogens is 404 g/mol. The minimum Gasteiger partial charge on any atom is -0.383 e. The minimum absolute atomic E-state index is 0.0487. The first kappa shape index (κ1) is 20.3. The first-order valence-electron chi connectivity index (χ1n) is 8.83. The summed E-state index contributed by atoms with van der Waals surface area (Å²) in [6.07, 6.45) is 0.502. The van der Waals surface area contributed by atoms with Crippen LogP contribution in [0.1, 0.15) is 30.7 Å². The maximum atomic E-state index is 12.9. The summed E-state index contributed by atoms with van der Waals surface area (Å²) in [5, 5.41) is 0.927. The molecule has 2 atom stereocenters. The molecule has 1 aliphatic rings. The van der Waals surface area contributed by atoms with Crippen LogP contribution in [0.2, 0.25) is 0 Å². The molecule has 2 unspecified atom stereocenters. The summed E-state index contributed by atoms with van der Waals surface area (Å²) in [6, 6.07) is -0.244. The number of amides is 1. The van der Waals surface area contributed by atoms with Gasteiger partial charge in [0.1, 0.15) is 10.6 Å². The molecule has 2 aromatic rings. The number of carbonyl (C=O) groups excluding carboxylic acids is 1. The van der Waals surface area contributed by atoms with E-state index in [1.54, 1.807) is 23.2 Å². The summed E-state index contributed by atoms with van der Waals surface area (Å²) in [6.45, 7) is 8.18. The Morgan fingerprint density at radius 1 is 1.41 bits per heavy atom. The van der Waals surface area contributed by atoms with Crippen LogP contribution in [0.4, 0.5) is 5.82 Å². The van der Waals surface area contributed by atoms with E-state index in [9.17, 15) is 13.2 Å². The van der Waals surface area contributed by atoms with Crippen molar-refractivity contribution in [3.8, 4) is 0 Å². The summed E-state index contributed by atoms with van der Waals surface area (Å²) in [7, 11) is -3.04. The summed E-state index contributed by atoms with van der Waals surface area (Å²) in [4.78, 5) is 25.5. The van der Waals surface area contributed by atoms with Gasteiger partial charge in [-0.2, -0.15) is 0 Å². The van der Waals surface area contributed by atoms with Crippen LogP contribution in [-0.4, -0.2) is 58.5 Å². The molecule has 0 bridgehead atoms. The van der Waals surface area contributed by atoms with Gasteiger partial charge in [-0.05, 0) is 39.7 Å². The van der Waals surface area contributed by atoms with Crippen LogP contribution in [0.3, 0.4) is 0 Å². The van der Waals surface area contributed by atoms with Gasteiger partial charge in [0.2, 0.25) is 5.91 Å². The summed E-state index contributed by atoms with van der Waals surface area (Å²) < 4.78 is 23.5. The zero-order valence-corrected chi connectivity index (χ0v) is 18.3. The Morgan fingerprint density at radius 3 is 2.70 bits per heavy atom. The fourth-order valence-corrected chi connectivity index (χ4v) is 7.04. The van der Waals surface area contributed by atoms with Crippen LogP contribution in [-0.2, 0) is 14.6 Å². The Balaban J connectivity index is 1.78. The van der Waals surface area contributed by atoms with Crippen molar-refractivity contribution in [3.63, 3.8) is 0 Å². The normalized spacial score (nSPS) is 20.1. The maximum Gasteiger partial charge on any atom is 0.236 e. The number of thioether (sulfide) groups is 1. The van der Waals surface area contributed by atoms with Crippen LogP contribution in [0.25, 0.3) is 10.2 Å². The van der Waals surface area contributed by atoms with E-state index in [0.29, 0.717) is 23.9 Å². The number of nitrogens with zero attached hydrogens (tertiary/aromatic N) is 3. The largest absolute Gasteiger partial charge is 0.383 e. The number of rotatable bonds is 5. The van der Waals surface area contributed by atoms with Gasteiger partial charge in [-0.3, -0.25) is 4.79 Å². The summed E-state index contributed by atoms with van der Waals surface area (Å²) >= 11 is 2.83. The number of nitrogen functional groups attached to an aromatic ring is 1. The second-order valence-electron chi connectivity index (χ2n) is 6.80. The molecule has 1 saturated heterocycles. The Morgan fingerprint density at radius 2 is 2.11 bits per heavy atom. The molecule has 1 fully saturated rings. The molecule has 27 heavy (non-hydrogen) atoms. The summed E-state index contributed by atoms with van der Waals surface area (Å²) in [5.41, 5.74) is 7.21. The van der Waals surface area contributed by atoms with Gasteiger partial charge in [-0.15, -0.1) is 11.3 Å². The highest BCUT2D eigenvalue weighted by Crippen LogP contribution is 2.34. The zero-order chi connectivity index (χ0) is 19.9. The third kappa shape index (κ3) is 4.07. The standard InChI is InChI=1S/C17H24N4O3S3/c1-5-21(12-6-7-27(23,24)8-12)16(22)11(4)26-17-19-14(18)13-9(2)10(3)25-15(13)20-17/h11-12H,5-8H2,1-4H3,(H2,18,19,20). The molecular formula is C17H24N4O3S3. The molecule has 0 aromatic carbocycles. The molecule has 0 spiro atoms. The lowest BCUT2D eigenvalue weighted by Crippen LogP contribution is -2.44. The topological polar surface area (TPSA) is 106 Å². The van der Waals surface area contributed by atoms with E-state index >= 15 is 0 Å². The van der Waals surface area contributed by atoms with E-state index in [-0.39, 0.29) is 23.5 Å². The fourth-order valence-electron chi connectivity index (χ4n) is 3.37. The SMILES string of the molecule is CCN(C(=O)C(C)Sc1nc(N)c2c(C)c(C)sc2n1)C1CCS(=O)(=O)C1. The molecule has 1 amide bonds. The smallest absolute Gasteiger partial charge is 0.236 e. The molecule has 0 radical (unpaired) electrons. The number of carbonyl (C=O) groups is 1. The lowest BCUT2D eigenvalue weighted by atomic mass is 10.2. The molecule has 0 aliphatic carbocycles. The molecule has 1 aliphatic heterocycles. The molecule has 0 saturated carbocycles. The van der Waals surface area contributed by atoms with Crippen molar-refractivity contribution in [2.24, 2.45) is 0 Å². The van der Waals surface area contributed by atoms with Gasteiger partial charge in [-0.1, -0.05) is 11.8 Å². The van der Waals surface area contributed by atoms with E-state index in [1.807, 2.05) is 20.8 Å². The Bertz CT molecular complexity index is 987. The number of sulfone groups is 1. The van der Waals surface area contributed by atoms with Crippen molar-refractivity contribution < 1.29 is 13.2 Å². The molecule has 2 aromatic heterocycles. The van der Waals surface area contributed by atoms with Gasteiger partial charge in [0.15, 0.2) is 15.0 Å². The maximum absolute atomic E-state index is 12.9. The second kappa shape index (κ2) is 7.56. The fraction of sp³-hybridized carbons (Fsp3) is 0.588. The van der Waals surface area contributed by atoms with Gasteiger partial charge in [0.25, 0.3) is 0 Å². The molecule has 10 heteroatoms. The lowest BCUT2D eigenvalue weighted by molar-refractivity contribution is -0.131. The van der Waals surface area contributed by atoms with Gasteiger partial charge < -0.3 is 10.6 Å². The summed E-state index contributed by atoms with van der Waals surface area (Å²) in [5.74, 6) is 0.535. The third-order valence-corrected chi connectivity index (χ3v) is 8.74. The number of aryl methyl sites for hydroxylation is 2. The van der Waals surface area contributed by atoms with Crippen molar-refractivity contribution in [1.82, 2.24) is 14.9 Å². The van der Waals surface area contributed by atoms with Crippen molar-refractivity contribution in [3.05, 3.63) is 10.4 Å². The van der Waals surface area contributed by atoms with Crippen LogP contribution < -0.4 is 5.73 Å². The average Bonchev–Trinajstić information content (AvgIpc) is 3.07. The van der Waals surface area contributed by atoms with E-state index in [4.69, 9.17) is 5.73 Å². The van der Waals surface area contributed by atoms with Crippen molar-refractivity contribution in [1.29, 1.82) is 0 Å². The zero-order valence-electron chi connectivity index (χ0n) is 15.9. The lowest BCUT2D eigenvalue weighted by Gasteiger charge is -2.29. The monoisotopic (exact) mass is 428 g/mol. The first-order valence-corrected chi connectivity index (χ1v) is 12.4. The van der Waals surface area contributed by atoms with E-state index in [2.05, 4.69) is 9.97 Å². The highest BCUT2D eigenvalue weighted by Gasteiger charge is 2.35. The molecule has 3 rings (SSSR count). The van der Waals surface area contributed by atoms with Gasteiger partial charge in [0.05, 0.1) is 22.1 Å². The Labute approximate surface area is 167 Å². The first-order chi connectivity index (χ1) is 12.6. The molecule has 2 N–H and O–H groups in total. The number of aromatic nitrogens is 2. The average molecular weight is 429 g/mol. The van der Waals surface area contributed by atoms with E-state index in [1.165, 1.54) is 11.8 Å². The predicted molar refractivity (Wildman–Crippen MR) is 111 cm³/mol. The van der Waals surface area contributed by atoms with Crippen LogP contribution in [0.5, 0.6) is 0 Å². The van der Waals surface area contributed by atoms with Crippen LogP contribution in [0.15, 0.2) is 5.16 Å². The second-order valence-corrected chi connectivity index (χ2v) is 11.5. The number of hydrogen-bond donors (Lipinski definition) is 1. The van der Waals surface area contributed by atoms with E-state index in [0.717, 1.165) is 20.7 Å². The quantitative estimate of drug-likeness (QED) is 0.576. The van der Waals surface area contributed by atoms with Gasteiger partial charge >= 0.3 is 0 Å². The van der Waals surface area contributed by atoms with E-state index < -0.39 is 15.1 Å². The van der Waals surface area contributed by atoms with Crippen LogP contribution >= 0.6 is 23.1 Å². The predicted octanol–water partition coefficient (Wildman–Crippen LogP) is 2.41. The number of nitrogens with two attached hydrogens (primary N) is 1. The van der Waals surface area contributed by atoms with Crippen molar-refractivity contribution in [2.45, 2.75) is 50.6 Å². The van der Waals surface area contributed by atoms with Crippen molar-refractivity contribution >= 4 is 54.9 Å². The minimum atomic E-state index is -3.04. The molecule has 7 nitrogen and oxygen atoms in total. The van der Waals surface area contributed by atoms with Gasteiger partial charge in [-0.25, -0.2) is 18.4 Å². The van der Waals surface area contributed by atoms with Crippen LogP contribution in [0, 0.1) is 13.8 Å². The van der Waals surface area contributed by atoms with Crippen molar-refractivity contribution in [2.75, 3.05) is 23.8 Å². The number of hydrogen-bond acceptors (Lipinski definition) is 8. The number of thiophene rings is 1.